The van der Waals surface area contributed by atoms with Crippen LogP contribution in [0.4, 0.5) is 5.69 Å². The van der Waals surface area contributed by atoms with Crippen molar-refractivity contribution >= 4 is 22.5 Å². The minimum atomic E-state index is -0.490. The van der Waals surface area contributed by atoms with Gasteiger partial charge in [0.05, 0.1) is 18.0 Å². The number of piperazine rings is 1. The third-order valence-electron chi connectivity index (χ3n) is 5.52. The molecule has 3 aromatic rings. The van der Waals surface area contributed by atoms with Gasteiger partial charge in [-0.15, -0.1) is 0 Å². The van der Waals surface area contributed by atoms with Gasteiger partial charge in [0.1, 0.15) is 5.75 Å². The topological polar surface area (TPSA) is 87.6 Å². The molecule has 1 aliphatic rings. The summed E-state index contributed by atoms with van der Waals surface area (Å²) in [6, 6.07) is 14.8. The third-order valence-corrected chi connectivity index (χ3v) is 5.52. The van der Waals surface area contributed by atoms with Crippen molar-refractivity contribution in [1.82, 2.24) is 14.5 Å². The van der Waals surface area contributed by atoms with E-state index in [0.29, 0.717) is 24.0 Å². The minimum Gasteiger partial charge on any atom is -0.497 e. The molecule has 0 unspecified atom stereocenters. The molecule has 8 nitrogen and oxygen atoms in total. The van der Waals surface area contributed by atoms with E-state index < -0.39 is 11.2 Å². The van der Waals surface area contributed by atoms with Crippen molar-refractivity contribution in [2.45, 2.75) is 13.0 Å². The number of methoxy groups -OCH3 is 1. The van der Waals surface area contributed by atoms with Crippen molar-refractivity contribution < 1.29 is 9.53 Å². The van der Waals surface area contributed by atoms with Crippen LogP contribution in [0.3, 0.4) is 0 Å². The second kappa shape index (κ2) is 8.44. The number of aromatic amines is 1. The lowest BCUT2D eigenvalue weighted by atomic mass is 10.2. The smallest absolute Gasteiger partial charge is 0.328 e. The van der Waals surface area contributed by atoms with Crippen LogP contribution < -0.4 is 20.9 Å². The van der Waals surface area contributed by atoms with Gasteiger partial charge in [-0.2, -0.15) is 0 Å². The van der Waals surface area contributed by atoms with E-state index in [0.717, 1.165) is 24.5 Å². The van der Waals surface area contributed by atoms with Crippen molar-refractivity contribution in [3.63, 3.8) is 0 Å². The molecule has 0 bridgehead atoms. The normalized spacial score (nSPS) is 14.2. The third kappa shape index (κ3) is 3.94. The minimum absolute atomic E-state index is 0.00608. The highest BCUT2D eigenvalue weighted by atomic mass is 16.5. The molecule has 0 aliphatic carbocycles. The summed E-state index contributed by atoms with van der Waals surface area (Å²) >= 11 is 0. The van der Waals surface area contributed by atoms with Crippen LogP contribution in [0, 0.1) is 0 Å². The summed E-state index contributed by atoms with van der Waals surface area (Å²) in [6.07, 6.45) is 0.207. The van der Waals surface area contributed by atoms with E-state index in [-0.39, 0.29) is 18.9 Å². The first-order valence-electron chi connectivity index (χ1n) is 9.95. The van der Waals surface area contributed by atoms with Crippen molar-refractivity contribution in [3.05, 3.63) is 69.4 Å². The van der Waals surface area contributed by atoms with Gasteiger partial charge >= 0.3 is 5.69 Å². The number of rotatable bonds is 5. The Morgan fingerprint density at radius 2 is 1.70 bits per heavy atom. The maximum absolute atomic E-state index is 12.7. The molecular weight excluding hydrogens is 384 g/mol. The second-order valence-electron chi connectivity index (χ2n) is 7.24. The number of anilines is 1. The van der Waals surface area contributed by atoms with E-state index in [2.05, 4.69) is 9.88 Å². The number of nitrogens with zero attached hydrogens (tertiary/aromatic N) is 3. The molecule has 1 aliphatic heterocycles. The standard InChI is InChI=1S/C22H24N4O4/c1-30-17-8-6-16(7-9-17)24-12-14-25(15-13-24)20(27)10-11-26-19-5-3-2-4-18(19)21(28)23-22(26)29/h2-9H,10-15H2,1H3,(H,23,28,29). The van der Waals surface area contributed by atoms with Gasteiger partial charge in [0.15, 0.2) is 0 Å². The Morgan fingerprint density at radius 3 is 2.40 bits per heavy atom. The fourth-order valence-corrected chi connectivity index (χ4v) is 3.84. The molecule has 8 heteroatoms. The van der Waals surface area contributed by atoms with Gasteiger partial charge in [0.25, 0.3) is 5.56 Å². The summed E-state index contributed by atoms with van der Waals surface area (Å²) in [5.74, 6) is 0.823. The van der Waals surface area contributed by atoms with Crippen molar-refractivity contribution in [2.24, 2.45) is 0 Å². The SMILES string of the molecule is COc1ccc(N2CCN(C(=O)CCn3c(=O)[nH]c(=O)c4ccccc43)CC2)cc1. The number of benzene rings is 2. The van der Waals surface area contributed by atoms with Gasteiger partial charge in [0, 0.05) is 44.8 Å². The lowest BCUT2D eigenvalue weighted by Gasteiger charge is -2.36. The Morgan fingerprint density at radius 1 is 1.00 bits per heavy atom. The van der Waals surface area contributed by atoms with Gasteiger partial charge in [-0.25, -0.2) is 4.79 Å². The first-order valence-corrected chi connectivity index (χ1v) is 9.95. The van der Waals surface area contributed by atoms with E-state index in [1.54, 1.807) is 31.4 Å². The zero-order valence-corrected chi connectivity index (χ0v) is 16.8. The highest BCUT2D eigenvalue weighted by Gasteiger charge is 2.21. The van der Waals surface area contributed by atoms with E-state index in [1.165, 1.54) is 4.57 Å². The summed E-state index contributed by atoms with van der Waals surface area (Å²) in [5.41, 5.74) is 0.751. The maximum Gasteiger partial charge on any atom is 0.328 e. The molecule has 1 aromatic heterocycles. The monoisotopic (exact) mass is 408 g/mol. The van der Waals surface area contributed by atoms with E-state index >= 15 is 0 Å². The van der Waals surface area contributed by atoms with E-state index in [1.807, 2.05) is 29.2 Å². The Bertz CT molecular complexity index is 1160. The summed E-state index contributed by atoms with van der Waals surface area (Å²) in [7, 11) is 1.64. The average Bonchev–Trinajstić information content (AvgIpc) is 2.79. The number of aromatic nitrogens is 2. The van der Waals surface area contributed by atoms with Gasteiger partial charge < -0.3 is 14.5 Å². The molecule has 2 heterocycles. The number of hydrogen-bond acceptors (Lipinski definition) is 5. The maximum atomic E-state index is 12.7. The molecule has 1 amide bonds. The number of aryl methyl sites for hydroxylation is 1. The van der Waals surface area contributed by atoms with Crippen LogP contribution >= 0.6 is 0 Å². The zero-order chi connectivity index (χ0) is 21.1. The quantitative estimate of drug-likeness (QED) is 0.690. The summed E-state index contributed by atoms with van der Waals surface area (Å²) in [4.78, 5) is 43.3. The van der Waals surface area contributed by atoms with Gasteiger partial charge in [-0.05, 0) is 36.4 Å². The lowest BCUT2D eigenvalue weighted by molar-refractivity contribution is -0.131. The molecule has 0 atom stereocenters. The molecule has 0 radical (unpaired) electrons. The molecule has 0 spiro atoms. The van der Waals surface area contributed by atoms with Crippen LogP contribution in [0.25, 0.3) is 10.9 Å². The predicted molar refractivity (Wildman–Crippen MR) is 115 cm³/mol. The molecule has 2 aromatic carbocycles. The molecular formula is C22H24N4O4. The summed E-state index contributed by atoms with van der Waals surface area (Å²) in [5, 5.41) is 0.442. The number of H-pyrrole nitrogens is 1. The Balaban J connectivity index is 1.38. The largest absolute Gasteiger partial charge is 0.497 e. The number of carbonyl (C=O) groups is 1. The number of nitrogens with one attached hydrogen (secondary N) is 1. The van der Waals surface area contributed by atoms with Crippen LogP contribution in [0.2, 0.25) is 0 Å². The van der Waals surface area contributed by atoms with Crippen LogP contribution in [0.15, 0.2) is 58.1 Å². The van der Waals surface area contributed by atoms with E-state index in [9.17, 15) is 14.4 Å². The Kier molecular flexibility index (Phi) is 5.56. The molecule has 30 heavy (non-hydrogen) atoms. The van der Waals surface area contributed by atoms with Crippen molar-refractivity contribution in [1.29, 1.82) is 0 Å². The Hall–Kier alpha value is -3.55. The molecule has 156 valence electrons. The number of carbonyl (C=O) groups excluding carboxylic acids is 1. The molecule has 1 fully saturated rings. The Labute approximate surface area is 173 Å². The highest BCUT2D eigenvalue weighted by Crippen LogP contribution is 2.20. The van der Waals surface area contributed by atoms with E-state index in [4.69, 9.17) is 4.74 Å². The second-order valence-corrected chi connectivity index (χ2v) is 7.24. The lowest BCUT2D eigenvalue weighted by Crippen LogP contribution is -2.49. The van der Waals surface area contributed by atoms with Crippen LogP contribution in [0.1, 0.15) is 6.42 Å². The average molecular weight is 408 g/mol. The van der Waals surface area contributed by atoms with Crippen molar-refractivity contribution in [3.8, 4) is 5.75 Å². The first-order chi connectivity index (χ1) is 14.6. The first kappa shape index (κ1) is 19.8. The summed E-state index contributed by atoms with van der Waals surface area (Å²) < 4.78 is 6.66. The number of amides is 1. The fourth-order valence-electron chi connectivity index (χ4n) is 3.84. The molecule has 4 rings (SSSR count). The number of para-hydroxylation sites is 1. The highest BCUT2D eigenvalue weighted by molar-refractivity contribution is 5.79. The number of ether oxygens (including phenoxy) is 1. The zero-order valence-electron chi connectivity index (χ0n) is 16.8. The van der Waals surface area contributed by atoms with Gasteiger partial charge in [0.2, 0.25) is 5.91 Å². The van der Waals surface area contributed by atoms with Gasteiger partial charge in [-0.1, -0.05) is 12.1 Å². The van der Waals surface area contributed by atoms with Gasteiger partial charge in [-0.3, -0.25) is 19.1 Å². The van der Waals surface area contributed by atoms with Crippen LogP contribution in [-0.4, -0.2) is 53.6 Å². The predicted octanol–water partition coefficient (Wildman–Crippen LogP) is 1.44. The molecule has 1 saturated heterocycles. The summed E-state index contributed by atoms with van der Waals surface area (Å²) in [6.45, 7) is 2.99. The van der Waals surface area contributed by atoms with Crippen LogP contribution in [0.5, 0.6) is 5.75 Å². The fraction of sp³-hybridized carbons (Fsp3) is 0.318. The van der Waals surface area contributed by atoms with Crippen molar-refractivity contribution in [2.75, 3.05) is 38.2 Å². The molecule has 1 N–H and O–H groups in total. The molecule has 0 saturated carbocycles. The number of hydrogen-bond donors (Lipinski definition) is 1. The van der Waals surface area contributed by atoms with Crippen LogP contribution in [-0.2, 0) is 11.3 Å². The number of fused-ring (bicyclic) bond motifs is 1.